The summed E-state index contributed by atoms with van der Waals surface area (Å²) in [4.78, 5) is 12.8. The molecule has 0 spiro atoms. The summed E-state index contributed by atoms with van der Waals surface area (Å²) in [6.45, 7) is 1.18. The van der Waals surface area contributed by atoms with E-state index in [2.05, 4.69) is 30.9 Å². The standard InChI is InChI=1S/C15H15BrFN5O2/c1-23-6-7-24-15-20-12(18)11-13(21-15)22(14(16)19-11)8-9-2-4-10(17)5-3-9/h2-5H,6-8H2,1H3,(H2,18,20,21). The van der Waals surface area contributed by atoms with Crippen molar-refractivity contribution < 1.29 is 13.9 Å². The molecule has 3 rings (SSSR count). The van der Waals surface area contributed by atoms with Gasteiger partial charge in [-0.3, -0.25) is 4.57 Å². The minimum absolute atomic E-state index is 0.157. The summed E-state index contributed by atoms with van der Waals surface area (Å²) in [7, 11) is 1.58. The lowest BCUT2D eigenvalue weighted by Crippen LogP contribution is -2.09. The van der Waals surface area contributed by atoms with Crippen LogP contribution in [0.2, 0.25) is 0 Å². The Morgan fingerprint density at radius 1 is 1.17 bits per heavy atom. The highest BCUT2D eigenvalue weighted by Gasteiger charge is 2.16. The largest absolute Gasteiger partial charge is 0.461 e. The monoisotopic (exact) mass is 395 g/mol. The molecule has 0 aliphatic carbocycles. The molecular weight excluding hydrogens is 381 g/mol. The molecule has 0 atom stereocenters. The van der Waals surface area contributed by atoms with Crippen LogP contribution in [0.4, 0.5) is 10.2 Å². The van der Waals surface area contributed by atoms with Gasteiger partial charge in [0.1, 0.15) is 12.4 Å². The molecule has 1 aromatic carbocycles. The number of fused-ring (bicyclic) bond motifs is 1. The molecule has 2 aromatic heterocycles. The van der Waals surface area contributed by atoms with Gasteiger partial charge < -0.3 is 15.2 Å². The van der Waals surface area contributed by atoms with Gasteiger partial charge in [0.2, 0.25) is 0 Å². The minimum Gasteiger partial charge on any atom is -0.461 e. The van der Waals surface area contributed by atoms with E-state index in [4.69, 9.17) is 15.2 Å². The van der Waals surface area contributed by atoms with Gasteiger partial charge in [0.15, 0.2) is 21.7 Å². The van der Waals surface area contributed by atoms with Crippen molar-refractivity contribution in [1.29, 1.82) is 0 Å². The fourth-order valence-electron chi connectivity index (χ4n) is 2.17. The van der Waals surface area contributed by atoms with Crippen LogP contribution in [0, 0.1) is 5.82 Å². The van der Waals surface area contributed by atoms with Gasteiger partial charge >= 0.3 is 6.01 Å². The Bertz CT molecular complexity index is 853. The summed E-state index contributed by atoms with van der Waals surface area (Å²) in [5.41, 5.74) is 7.86. The summed E-state index contributed by atoms with van der Waals surface area (Å²) >= 11 is 3.40. The Hall–Kier alpha value is -2.26. The van der Waals surface area contributed by atoms with Crippen molar-refractivity contribution >= 4 is 32.9 Å². The van der Waals surface area contributed by atoms with E-state index in [1.807, 2.05) is 4.57 Å². The second-order valence-electron chi connectivity index (χ2n) is 5.00. The number of hydrogen-bond donors (Lipinski definition) is 1. The second-order valence-corrected chi connectivity index (χ2v) is 5.71. The van der Waals surface area contributed by atoms with Crippen LogP contribution in [0.5, 0.6) is 6.01 Å². The third kappa shape index (κ3) is 3.46. The van der Waals surface area contributed by atoms with Gasteiger partial charge in [-0.15, -0.1) is 0 Å². The summed E-state index contributed by atoms with van der Waals surface area (Å²) in [5, 5.41) is 0. The first kappa shape index (κ1) is 16.6. The van der Waals surface area contributed by atoms with E-state index in [9.17, 15) is 4.39 Å². The zero-order chi connectivity index (χ0) is 17.1. The predicted molar refractivity (Wildman–Crippen MR) is 90.3 cm³/mol. The third-order valence-electron chi connectivity index (χ3n) is 3.33. The fraction of sp³-hybridized carbons (Fsp3) is 0.267. The number of rotatable bonds is 6. The lowest BCUT2D eigenvalue weighted by molar-refractivity contribution is 0.141. The number of aromatic nitrogens is 4. The van der Waals surface area contributed by atoms with E-state index < -0.39 is 0 Å². The molecule has 0 amide bonds. The molecule has 2 heterocycles. The Morgan fingerprint density at radius 2 is 1.92 bits per heavy atom. The average molecular weight is 396 g/mol. The first-order valence-corrected chi connectivity index (χ1v) is 7.93. The fourth-order valence-corrected chi connectivity index (χ4v) is 2.64. The van der Waals surface area contributed by atoms with Crippen LogP contribution in [-0.4, -0.2) is 39.8 Å². The maximum absolute atomic E-state index is 13.1. The van der Waals surface area contributed by atoms with E-state index in [1.54, 1.807) is 19.2 Å². The molecule has 0 saturated heterocycles. The van der Waals surface area contributed by atoms with Gasteiger partial charge in [0, 0.05) is 7.11 Å². The van der Waals surface area contributed by atoms with Crippen LogP contribution in [0.1, 0.15) is 5.56 Å². The molecule has 7 nitrogen and oxygen atoms in total. The molecule has 0 aliphatic heterocycles. The van der Waals surface area contributed by atoms with Gasteiger partial charge in [0.25, 0.3) is 0 Å². The minimum atomic E-state index is -0.284. The van der Waals surface area contributed by atoms with Gasteiger partial charge in [-0.05, 0) is 33.6 Å². The molecule has 3 aromatic rings. The van der Waals surface area contributed by atoms with Crippen molar-refractivity contribution in [2.45, 2.75) is 6.54 Å². The van der Waals surface area contributed by atoms with Crippen LogP contribution >= 0.6 is 15.9 Å². The number of halogens is 2. The maximum atomic E-state index is 13.1. The van der Waals surface area contributed by atoms with Crippen molar-refractivity contribution in [3.63, 3.8) is 0 Å². The summed E-state index contributed by atoms with van der Waals surface area (Å²) < 4.78 is 25.8. The van der Waals surface area contributed by atoms with Gasteiger partial charge in [0.05, 0.1) is 13.2 Å². The first-order chi connectivity index (χ1) is 11.6. The Balaban J connectivity index is 1.96. The summed E-state index contributed by atoms with van der Waals surface area (Å²) in [6, 6.07) is 6.38. The number of imidazole rings is 1. The quantitative estimate of drug-likeness (QED) is 0.509. The van der Waals surface area contributed by atoms with Gasteiger partial charge in [-0.1, -0.05) is 12.1 Å². The molecular formula is C15H15BrFN5O2. The molecule has 0 radical (unpaired) electrons. The van der Waals surface area contributed by atoms with Crippen LogP contribution in [0.25, 0.3) is 11.2 Å². The van der Waals surface area contributed by atoms with Crippen LogP contribution in [-0.2, 0) is 11.3 Å². The number of ether oxygens (including phenoxy) is 2. The molecule has 0 bridgehead atoms. The molecule has 0 aliphatic rings. The lowest BCUT2D eigenvalue weighted by atomic mass is 10.2. The van der Waals surface area contributed by atoms with E-state index in [1.165, 1.54) is 12.1 Å². The second kappa shape index (κ2) is 7.10. The average Bonchev–Trinajstić information content (AvgIpc) is 2.87. The lowest BCUT2D eigenvalue weighted by Gasteiger charge is -2.08. The SMILES string of the molecule is COCCOc1nc(N)c2nc(Br)n(Cc3ccc(F)cc3)c2n1. The number of nitrogen functional groups attached to an aromatic ring is 1. The Morgan fingerprint density at radius 3 is 2.62 bits per heavy atom. The third-order valence-corrected chi connectivity index (χ3v) is 3.93. The van der Waals surface area contributed by atoms with E-state index >= 15 is 0 Å². The Labute approximate surface area is 145 Å². The molecule has 24 heavy (non-hydrogen) atoms. The van der Waals surface area contributed by atoms with Gasteiger partial charge in [-0.25, -0.2) is 9.37 Å². The molecule has 126 valence electrons. The van der Waals surface area contributed by atoms with Crippen LogP contribution in [0.3, 0.4) is 0 Å². The van der Waals surface area contributed by atoms with Crippen LogP contribution in [0.15, 0.2) is 29.0 Å². The number of nitrogens with two attached hydrogens (primary N) is 1. The van der Waals surface area contributed by atoms with Crippen molar-refractivity contribution in [2.75, 3.05) is 26.1 Å². The number of hydrogen-bond acceptors (Lipinski definition) is 6. The van der Waals surface area contributed by atoms with Crippen molar-refractivity contribution in [1.82, 2.24) is 19.5 Å². The molecule has 0 fully saturated rings. The molecule has 0 unspecified atom stereocenters. The molecule has 2 N–H and O–H groups in total. The highest BCUT2D eigenvalue weighted by Crippen LogP contribution is 2.25. The maximum Gasteiger partial charge on any atom is 0.320 e. The van der Waals surface area contributed by atoms with Crippen molar-refractivity contribution in [2.24, 2.45) is 0 Å². The topological polar surface area (TPSA) is 88.1 Å². The van der Waals surface area contributed by atoms with Crippen molar-refractivity contribution in [3.05, 3.63) is 40.4 Å². The summed E-state index contributed by atoms with van der Waals surface area (Å²) in [5.74, 6) is -0.0559. The molecule has 9 heteroatoms. The smallest absolute Gasteiger partial charge is 0.320 e. The highest BCUT2D eigenvalue weighted by atomic mass is 79.9. The number of methoxy groups -OCH3 is 1. The zero-order valence-electron chi connectivity index (χ0n) is 12.9. The van der Waals surface area contributed by atoms with E-state index in [-0.39, 0.29) is 17.6 Å². The van der Waals surface area contributed by atoms with E-state index in [0.717, 1.165) is 5.56 Å². The van der Waals surface area contributed by atoms with Crippen molar-refractivity contribution in [3.8, 4) is 6.01 Å². The highest BCUT2D eigenvalue weighted by molar-refractivity contribution is 9.10. The van der Waals surface area contributed by atoms with E-state index in [0.29, 0.717) is 35.7 Å². The predicted octanol–water partition coefficient (Wildman–Crippen LogP) is 2.38. The molecule has 0 saturated carbocycles. The van der Waals surface area contributed by atoms with Gasteiger partial charge in [-0.2, -0.15) is 9.97 Å². The number of nitrogens with zero attached hydrogens (tertiary/aromatic N) is 4. The Kier molecular flexibility index (Phi) is 4.91. The van der Waals surface area contributed by atoms with Crippen LogP contribution < -0.4 is 10.5 Å². The normalized spacial score (nSPS) is 11.1. The summed E-state index contributed by atoms with van der Waals surface area (Å²) in [6.07, 6.45) is 0. The number of benzene rings is 1. The first-order valence-electron chi connectivity index (χ1n) is 7.14. The number of anilines is 1. The zero-order valence-corrected chi connectivity index (χ0v) is 14.5.